The summed E-state index contributed by atoms with van der Waals surface area (Å²) in [5, 5.41) is 12.0. The molecular formula is C14H17FN2O2. The quantitative estimate of drug-likeness (QED) is 0.877. The summed E-state index contributed by atoms with van der Waals surface area (Å²) in [5.74, 6) is -0.387. The topological polar surface area (TPSA) is 54.3 Å². The van der Waals surface area contributed by atoms with Gasteiger partial charge >= 0.3 is 0 Å². The molecule has 0 saturated carbocycles. The second kappa shape index (κ2) is 6.11. The fraction of sp³-hybridized carbons (Fsp3) is 0.500. The van der Waals surface area contributed by atoms with E-state index in [9.17, 15) is 4.39 Å². The van der Waals surface area contributed by atoms with Crippen molar-refractivity contribution < 1.29 is 13.9 Å². The number of hydrogen-bond acceptors (Lipinski definition) is 4. The van der Waals surface area contributed by atoms with Gasteiger partial charge in [0, 0.05) is 33.2 Å². The lowest BCUT2D eigenvalue weighted by atomic mass is 10.0. The molecule has 1 fully saturated rings. The molecule has 19 heavy (non-hydrogen) atoms. The van der Waals surface area contributed by atoms with Gasteiger partial charge in [0.15, 0.2) is 0 Å². The van der Waals surface area contributed by atoms with E-state index in [0.717, 1.165) is 12.0 Å². The zero-order valence-electron chi connectivity index (χ0n) is 10.9. The Bertz CT molecular complexity index is 479. The minimum absolute atomic E-state index is 0.286. The Morgan fingerprint density at radius 2 is 2.37 bits per heavy atom. The van der Waals surface area contributed by atoms with Crippen LogP contribution >= 0.6 is 0 Å². The zero-order valence-corrected chi connectivity index (χ0v) is 10.9. The van der Waals surface area contributed by atoms with E-state index in [-0.39, 0.29) is 11.4 Å². The number of rotatable bonds is 5. The van der Waals surface area contributed by atoms with E-state index in [0.29, 0.717) is 31.9 Å². The van der Waals surface area contributed by atoms with Crippen molar-refractivity contribution in [3.05, 3.63) is 35.1 Å². The molecule has 0 bridgehead atoms. The van der Waals surface area contributed by atoms with Gasteiger partial charge in [-0.25, -0.2) is 4.39 Å². The minimum Gasteiger partial charge on any atom is -0.378 e. The summed E-state index contributed by atoms with van der Waals surface area (Å²) in [4.78, 5) is 0. The molecule has 1 atom stereocenters. The highest BCUT2D eigenvalue weighted by Crippen LogP contribution is 2.21. The Morgan fingerprint density at radius 3 is 3.00 bits per heavy atom. The normalized spacial score (nSPS) is 22.4. The van der Waals surface area contributed by atoms with Crippen molar-refractivity contribution in [3.63, 3.8) is 0 Å². The first kappa shape index (κ1) is 13.9. The van der Waals surface area contributed by atoms with Crippen LogP contribution in [0.2, 0.25) is 0 Å². The molecule has 4 nitrogen and oxygen atoms in total. The van der Waals surface area contributed by atoms with Crippen LogP contribution in [0.1, 0.15) is 17.5 Å². The number of halogens is 1. The van der Waals surface area contributed by atoms with Gasteiger partial charge in [0.1, 0.15) is 11.4 Å². The summed E-state index contributed by atoms with van der Waals surface area (Å²) in [6.45, 7) is 2.41. The van der Waals surface area contributed by atoms with E-state index in [1.165, 1.54) is 12.1 Å². The van der Waals surface area contributed by atoms with Crippen LogP contribution in [0.25, 0.3) is 0 Å². The van der Waals surface area contributed by atoms with Crippen LogP contribution in [0.15, 0.2) is 18.2 Å². The molecule has 1 saturated heterocycles. The molecule has 102 valence electrons. The monoisotopic (exact) mass is 264 g/mol. The summed E-state index contributed by atoms with van der Waals surface area (Å²) in [7, 11) is 1.67. The Balaban J connectivity index is 1.92. The molecule has 1 aromatic carbocycles. The van der Waals surface area contributed by atoms with Gasteiger partial charge < -0.3 is 14.8 Å². The maximum absolute atomic E-state index is 13.3. The van der Waals surface area contributed by atoms with Gasteiger partial charge in [-0.15, -0.1) is 0 Å². The van der Waals surface area contributed by atoms with E-state index in [1.807, 2.05) is 6.07 Å². The predicted octanol–water partition coefficient (Wildman–Crippen LogP) is 1.59. The van der Waals surface area contributed by atoms with Crippen molar-refractivity contribution in [2.24, 2.45) is 0 Å². The number of ether oxygens (including phenoxy) is 2. The van der Waals surface area contributed by atoms with Crippen LogP contribution in [0.5, 0.6) is 0 Å². The molecule has 1 N–H and O–H groups in total. The van der Waals surface area contributed by atoms with Gasteiger partial charge in [0.25, 0.3) is 0 Å². The average Bonchev–Trinajstić information content (AvgIpc) is 2.87. The molecule has 2 rings (SSSR count). The molecule has 1 aliphatic rings. The Kier molecular flexibility index (Phi) is 4.48. The van der Waals surface area contributed by atoms with Crippen LogP contribution in [0.3, 0.4) is 0 Å². The predicted molar refractivity (Wildman–Crippen MR) is 68.0 cm³/mol. The average molecular weight is 264 g/mol. The van der Waals surface area contributed by atoms with Crippen LogP contribution < -0.4 is 5.32 Å². The van der Waals surface area contributed by atoms with E-state index in [4.69, 9.17) is 14.7 Å². The number of nitrogens with zero attached hydrogens (tertiary/aromatic N) is 1. The lowest BCUT2D eigenvalue weighted by Crippen LogP contribution is -2.42. The third-order valence-electron chi connectivity index (χ3n) is 3.36. The first-order chi connectivity index (χ1) is 9.17. The largest absolute Gasteiger partial charge is 0.378 e. The highest BCUT2D eigenvalue weighted by molar-refractivity contribution is 5.33. The number of nitrogens with one attached hydrogen (secondary N) is 1. The molecule has 1 aliphatic heterocycles. The van der Waals surface area contributed by atoms with Crippen molar-refractivity contribution in [1.82, 2.24) is 5.32 Å². The first-order valence-corrected chi connectivity index (χ1v) is 6.21. The summed E-state index contributed by atoms with van der Waals surface area (Å²) in [6, 6.07) is 6.28. The van der Waals surface area contributed by atoms with Gasteiger partial charge in [-0.05, 0) is 23.8 Å². The lowest BCUT2D eigenvalue weighted by Gasteiger charge is -2.26. The third kappa shape index (κ3) is 3.51. The SMILES string of the molecule is COC1(CNCc2cc(F)cc(C#N)c2)CCOC1. The minimum atomic E-state index is -0.387. The fourth-order valence-electron chi connectivity index (χ4n) is 2.21. The van der Waals surface area contributed by atoms with E-state index in [2.05, 4.69) is 5.32 Å². The van der Waals surface area contributed by atoms with Crippen molar-refractivity contribution in [1.29, 1.82) is 5.26 Å². The maximum atomic E-state index is 13.3. The molecule has 0 radical (unpaired) electrons. The lowest BCUT2D eigenvalue weighted by molar-refractivity contribution is -0.0159. The smallest absolute Gasteiger partial charge is 0.124 e. The standard InChI is InChI=1S/C14H17FN2O2/c1-18-14(2-3-19-10-14)9-17-8-12-4-11(7-16)5-13(15)6-12/h4-6,17H,2-3,8-10H2,1H3. The van der Waals surface area contributed by atoms with Crippen molar-refractivity contribution in [2.75, 3.05) is 26.9 Å². The van der Waals surface area contributed by atoms with Crippen LogP contribution in [-0.4, -0.2) is 32.5 Å². The molecule has 0 amide bonds. The molecule has 1 unspecified atom stereocenters. The molecule has 0 spiro atoms. The van der Waals surface area contributed by atoms with Crippen LogP contribution in [0, 0.1) is 17.1 Å². The zero-order chi connectivity index (χ0) is 13.7. The molecule has 1 aromatic rings. The summed E-state index contributed by atoms with van der Waals surface area (Å²) in [5.41, 5.74) is 0.801. The van der Waals surface area contributed by atoms with Gasteiger partial charge in [0.05, 0.1) is 18.2 Å². The summed E-state index contributed by atoms with van der Waals surface area (Å²) >= 11 is 0. The molecule has 1 heterocycles. The van der Waals surface area contributed by atoms with Gasteiger partial charge in [-0.3, -0.25) is 0 Å². The van der Waals surface area contributed by atoms with Gasteiger partial charge in [0.2, 0.25) is 0 Å². The Labute approximate surface area is 112 Å². The Hall–Kier alpha value is -1.48. The van der Waals surface area contributed by atoms with Gasteiger partial charge in [-0.2, -0.15) is 5.26 Å². The molecule has 0 aromatic heterocycles. The van der Waals surface area contributed by atoms with E-state index in [1.54, 1.807) is 13.2 Å². The Morgan fingerprint density at radius 1 is 1.53 bits per heavy atom. The molecule has 5 heteroatoms. The van der Waals surface area contributed by atoms with E-state index < -0.39 is 0 Å². The van der Waals surface area contributed by atoms with E-state index >= 15 is 0 Å². The molecule has 0 aliphatic carbocycles. The van der Waals surface area contributed by atoms with Crippen LogP contribution in [-0.2, 0) is 16.0 Å². The summed E-state index contributed by atoms with van der Waals surface area (Å²) < 4.78 is 24.1. The number of benzene rings is 1. The second-order valence-corrected chi connectivity index (χ2v) is 4.75. The first-order valence-electron chi connectivity index (χ1n) is 6.21. The number of nitriles is 1. The van der Waals surface area contributed by atoms with Crippen LogP contribution in [0.4, 0.5) is 4.39 Å². The van der Waals surface area contributed by atoms with Crippen molar-refractivity contribution in [2.45, 2.75) is 18.6 Å². The number of hydrogen-bond donors (Lipinski definition) is 1. The highest BCUT2D eigenvalue weighted by Gasteiger charge is 2.34. The second-order valence-electron chi connectivity index (χ2n) is 4.75. The fourth-order valence-corrected chi connectivity index (χ4v) is 2.21. The highest BCUT2D eigenvalue weighted by atomic mass is 19.1. The third-order valence-corrected chi connectivity index (χ3v) is 3.36. The maximum Gasteiger partial charge on any atom is 0.124 e. The molecular weight excluding hydrogens is 247 g/mol. The van der Waals surface area contributed by atoms with Crippen molar-refractivity contribution in [3.8, 4) is 6.07 Å². The van der Waals surface area contributed by atoms with Crippen molar-refractivity contribution >= 4 is 0 Å². The van der Waals surface area contributed by atoms with Gasteiger partial charge in [-0.1, -0.05) is 0 Å². The summed E-state index contributed by atoms with van der Waals surface area (Å²) in [6.07, 6.45) is 0.850. The number of methoxy groups -OCH3 is 1.